The van der Waals surface area contributed by atoms with E-state index in [4.69, 9.17) is 11.0 Å². The second kappa shape index (κ2) is 27.2. The molecule has 78 heavy (non-hydrogen) atoms. The van der Waals surface area contributed by atoms with Gasteiger partial charge in [-0.3, -0.25) is 0 Å². The van der Waals surface area contributed by atoms with Gasteiger partial charge >= 0.3 is 0 Å². The summed E-state index contributed by atoms with van der Waals surface area (Å²) < 4.78 is 8.30. The second-order valence-corrected chi connectivity index (χ2v) is 20.5. The average Bonchev–Trinajstić information content (AvgIpc) is 4.34. The van der Waals surface area contributed by atoms with Crippen LogP contribution in [-0.2, 0) is 0 Å². The smallest absolute Gasteiger partial charge is 0.135 e. The maximum Gasteiger partial charge on any atom is 0.135 e. The molecule has 2 atom stereocenters. The summed E-state index contributed by atoms with van der Waals surface area (Å²) in [5.74, 6) is 1.49. The number of furan rings is 1. The molecule has 2 heteroatoms. The molecular formula is C76H81NO. The molecule has 0 radical (unpaired) electrons. The predicted octanol–water partition coefficient (Wildman–Crippen LogP) is 23.5. The third-order valence-electron chi connectivity index (χ3n) is 14.5. The summed E-state index contributed by atoms with van der Waals surface area (Å²) in [6.07, 6.45) is 21.2. The predicted molar refractivity (Wildman–Crippen MR) is 349 cm³/mol. The number of benzene rings is 7. The number of aromatic nitrogens is 1. The van der Waals surface area contributed by atoms with Gasteiger partial charge in [-0.15, -0.1) is 0 Å². The first-order valence-corrected chi connectivity index (χ1v) is 28.2. The van der Waals surface area contributed by atoms with Crippen LogP contribution in [0, 0.1) is 5.92 Å². The van der Waals surface area contributed by atoms with Gasteiger partial charge in [0, 0.05) is 38.4 Å². The molecule has 0 fully saturated rings. The van der Waals surface area contributed by atoms with E-state index in [2.05, 4.69) is 206 Å². The lowest BCUT2D eigenvalue weighted by atomic mass is 9.73. The van der Waals surface area contributed by atoms with Crippen molar-refractivity contribution in [3.05, 3.63) is 254 Å². The largest absolute Gasteiger partial charge is 0.456 e. The molecule has 0 N–H and O–H groups in total. The maximum atomic E-state index is 5.82. The molecule has 1 aliphatic rings. The topological polar surface area (TPSA) is 17.6 Å². The Balaban J connectivity index is 0.000000217. The molecule has 0 aliphatic heterocycles. The molecule has 7 aromatic carbocycles. The van der Waals surface area contributed by atoms with Gasteiger partial charge in [0.25, 0.3) is 0 Å². The van der Waals surface area contributed by atoms with E-state index >= 15 is 0 Å². The van der Waals surface area contributed by atoms with Crippen LogP contribution in [0.15, 0.2) is 224 Å². The zero-order valence-corrected chi connectivity index (χ0v) is 48.2. The summed E-state index contributed by atoms with van der Waals surface area (Å²) in [4.78, 5) is 0. The van der Waals surface area contributed by atoms with Crippen LogP contribution in [0.5, 0.6) is 0 Å². The number of nitrogens with zero attached hydrogens (tertiary/aromatic N) is 1. The van der Waals surface area contributed by atoms with E-state index in [0.29, 0.717) is 5.92 Å². The van der Waals surface area contributed by atoms with Crippen LogP contribution in [0.25, 0.3) is 100 Å². The van der Waals surface area contributed by atoms with Crippen LogP contribution in [0.4, 0.5) is 0 Å². The molecule has 396 valence electrons. The van der Waals surface area contributed by atoms with Gasteiger partial charge in [0.1, 0.15) is 11.3 Å². The van der Waals surface area contributed by atoms with Crippen molar-refractivity contribution in [2.45, 2.75) is 101 Å². The van der Waals surface area contributed by atoms with Gasteiger partial charge in [0.2, 0.25) is 0 Å². The first-order valence-electron chi connectivity index (χ1n) is 28.2. The van der Waals surface area contributed by atoms with Crippen LogP contribution in [-0.4, -0.2) is 4.40 Å². The third-order valence-corrected chi connectivity index (χ3v) is 14.5. The maximum absolute atomic E-state index is 5.82. The number of para-hydroxylation sites is 3. The van der Waals surface area contributed by atoms with Gasteiger partial charge < -0.3 is 8.82 Å². The Morgan fingerprint density at radius 3 is 1.88 bits per heavy atom. The Bertz CT molecular complexity index is 3820. The fraction of sp³-hybridized carbons (Fsp3) is 0.211. The molecule has 0 amide bonds. The van der Waals surface area contributed by atoms with Crippen molar-refractivity contribution in [2.24, 2.45) is 5.92 Å². The summed E-state index contributed by atoms with van der Waals surface area (Å²) >= 11 is 0. The van der Waals surface area contributed by atoms with Gasteiger partial charge in [0.15, 0.2) is 0 Å². The van der Waals surface area contributed by atoms with Crippen molar-refractivity contribution in [2.75, 3.05) is 0 Å². The van der Waals surface area contributed by atoms with E-state index in [1.165, 1.54) is 113 Å². The summed E-state index contributed by atoms with van der Waals surface area (Å²) in [5, 5.41) is 6.39. The zero-order valence-electron chi connectivity index (χ0n) is 48.2. The van der Waals surface area contributed by atoms with Crippen molar-refractivity contribution >= 4 is 77.9 Å². The minimum atomic E-state index is 0.240. The van der Waals surface area contributed by atoms with Gasteiger partial charge in [0.05, 0.1) is 16.6 Å². The van der Waals surface area contributed by atoms with E-state index in [1.807, 2.05) is 87.5 Å². The molecule has 0 spiro atoms. The molecule has 10 aromatic rings. The molecule has 0 saturated heterocycles. The molecule has 0 saturated carbocycles. The summed E-state index contributed by atoms with van der Waals surface area (Å²) in [5.41, 5.74) is 20.8. The van der Waals surface area contributed by atoms with Crippen molar-refractivity contribution in [3.8, 4) is 22.3 Å². The van der Waals surface area contributed by atoms with Crippen molar-refractivity contribution in [3.63, 3.8) is 0 Å². The van der Waals surface area contributed by atoms with E-state index in [-0.39, 0.29) is 5.92 Å². The highest BCUT2D eigenvalue weighted by Crippen LogP contribution is 2.51. The number of fused-ring (bicyclic) bond motifs is 10. The summed E-state index contributed by atoms with van der Waals surface area (Å²) in [6, 6.07) is 54.5. The Kier molecular flexibility index (Phi) is 20.1. The van der Waals surface area contributed by atoms with Gasteiger partial charge in [-0.05, 0) is 125 Å². The van der Waals surface area contributed by atoms with Gasteiger partial charge in [-0.25, -0.2) is 0 Å². The average molecular weight is 1020 g/mol. The Labute approximate surface area is 466 Å². The van der Waals surface area contributed by atoms with Crippen LogP contribution in [0.1, 0.15) is 134 Å². The molecule has 11 rings (SSSR count). The van der Waals surface area contributed by atoms with Crippen molar-refractivity contribution in [1.29, 1.82) is 0 Å². The molecule has 1 unspecified atom stereocenters. The highest BCUT2D eigenvalue weighted by atomic mass is 16.3. The number of rotatable bonds is 11. The van der Waals surface area contributed by atoms with Crippen LogP contribution in [0.3, 0.4) is 0 Å². The monoisotopic (exact) mass is 1020 g/mol. The van der Waals surface area contributed by atoms with Crippen LogP contribution >= 0.6 is 0 Å². The van der Waals surface area contributed by atoms with E-state index in [0.717, 1.165) is 39.9 Å². The summed E-state index contributed by atoms with van der Waals surface area (Å²) in [7, 11) is 0. The van der Waals surface area contributed by atoms with Gasteiger partial charge in [-0.2, -0.15) is 0 Å². The van der Waals surface area contributed by atoms with Crippen molar-refractivity contribution in [1.82, 2.24) is 4.40 Å². The first-order chi connectivity index (χ1) is 37.9. The minimum absolute atomic E-state index is 0.240. The van der Waals surface area contributed by atoms with E-state index in [1.54, 1.807) is 0 Å². The molecule has 0 bridgehead atoms. The normalized spacial score (nSPS) is 13.6. The zero-order chi connectivity index (χ0) is 55.9. The number of unbranched alkanes of at least 4 members (excludes halogenated alkanes) is 1. The van der Waals surface area contributed by atoms with Crippen molar-refractivity contribution < 1.29 is 4.42 Å². The molecular weight excluding hydrogens is 943 g/mol. The lowest BCUT2D eigenvalue weighted by Crippen LogP contribution is -2.10. The lowest BCUT2D eigenvalue weighted by molar-refractivity contribution is 0.603. The Hall–Kier alpha value is -8.20. The van der Waals surface area contributed by atoms with Crippen LogP contribution < -0.4 is 0 Å². The highest BCUT2D eigenvalue weighted by molar-refractivity contribution is 6.26. The standard InChI is InChI=1S/C44H37N.C16H16O.C9H10.C4H10.C3H8/c1-6-8-9-16-30-29(5)38-25-37(28(4)27(3)7-2)40(26-39(38)32-18-11-10-17-31(30)32)34-20-15-24-42-43(34)36-22-14-21-35-33-19-12-13-23-41(33)45(42)44(35)36;1-4-7-13-14-8-5-6-9-15(14)17-16(13)11-10-12(2)3;1-8(2)9-6-4-3-5-7-9;1-3-4-2;1-3-2/h6,8-27,29H,1,4,7H2,2-3,5H3;4-11H,2H2,1,3H3;3-7H,1H2,2H3;3-4H2,1-2H3;3H2,1-2H3/b9-8-,30-16+;7-4-,11-10+;;;/t27-,29?;;;;/m1..../s1. The fourth-order valence-electron chi connectivity index (χ4n) is 10.2. The highest BCUT2D eigenvalue weighted by Gasteiger charge is 2.29. The number of hydrogen-bond acceptors (Lipinski definition) is 1. The second-order valence-electron chi connectivity index (χ2n) is 20.5. The SMILES string of the molecule is C=C(C)/C=C/c1oc2ccccc2c1/C=C\C.C=C(C)c1ccccc1.C=C/C=C\C=C1\c2ccccc2-c2cc(-c3cccc4c3c3cccc5c6ccccc6n4c53)c(C(=C)[C@H](C)CC)cc2C1C.CCC.CCCC. The molecule has 2 nitrogen and oxygen atoms in total. The molecule has 1 aliphatic carbocycles. The minimum Gasteiger partial charge on any atom is -0.456 e. The summed E-state index contributed by atoms with van der Waals surface area (Å²) in [6.45, 7) is 37.8. The quantitative estimate of drug-likeness (QED) is 0.118. The lowest BCUT2D eigenvalue weighted by Gasteiger charge is -2.31. The first kappa shape index (κ1) is 57.5. The Morgan fingerprint density at radius 1 is 0.628 bits per heavy atom. The molecule has 3 heterocycles. The van der Waals surface area contributed by atoms with Gasteiger partial charge in [-0.1, -0.05) is 269 Å². The third kappa shape index (κ3) is 12.3. The van der Waals surface area contributed by atoms with Crippen LogP contribution in [0.2, 0.25) is 0 Å². The number of hydrogen-bond donors (Lipinski definition) is 0. The number of allylic oxidation sites excluding steroid dienone is 10. The Morgan fingerprint density at radius 2 is 1.23 bits per heavy atom. The van der Waals surface area contributed by atoms with E-state index in [9.17, 15) is 0 Å². The fourth-order valence-corrected chi connectivity index (χ4v) is 10.2. The molecule has 3 aromatic heterocycles. The van der Waals surface area contributed by atoms with E-state index < -0.39 is 0 Å².